The molecule has 0 saturated heterocycles. The van der Waals surface area contributed by atoms with E-state index >= 15 is 0 Å². The lowest BCUT2D eigenvalue weighted by atomic mass is 10.2. The van der Waals surface area contributed by atoms with Crippen LogP contribution in [-0.4, -0.2) is 47.1 Å². The molecule has 0 aliphatic carbocycles. The topological polar surface area (TPSA) is 115 Å². The molecule has 114 valence electrons. The first kappa shape index (κ1) is 16.8. The van der Waals surface area contributed by atoms with Gasteiger partial charge in [-0.05, 0) is 18.2 Å². The van der Waals surface area contributed by atoms with Gasteiger partial charge in [0.05, 0.1) is 6.61 Å². The highest BCUT2D eigenvalue weighted by Gasteiger charge is 2.16. The molecule has 2 rings (SSSR count). The molecule has 2 aromatic rings. The van der Waals surface area contributed by atoms with Gasteiger partial charge in [-0.3, -0.25) is 15.1 Å². The van der Waals surface area contributed by atoms with Crippen LogP contribution >= 0.6 is 12.4 Å². The van der Waals surface area contributed by atoms with E-state index in [1.807, 2.05) is 6.07 Å². The third kappa shape index (κ3) is 3.65. The Kier molecular flexibility index (Phi) is 5.57. The molecule has 1 aromatic heterocycles. The standard InChI is InChI=1S/C13H16N4O3.ClH/c1-17(13(14)15)12(19)11-6-8-2-3-9(20-5-4-18)7-10(8)16-11;/h2-3,6-7,16,18H,4-5H2,1H3,(H3,14,15);1H. The summed E-state index contributed by atoms with van der Waals surface area (Å²) in [6, 6.07) is 7.00. The summed E-state index contributed by atoms with van der Waals surface area (Å²) < 4.78 is 5.30. The monoisotopic (exact) mass is 312 g/mol. The van der Waals surface area contributed by atoms with Crippen LogP contribution in [0.15, 0.2) is 24.3 Å². The van der Waals surface area contributed by atoms with E-state index in [9.17, 15) is 4.79 Å². The van der Waals surface area contributed by atoms with Crippen molar-refractivity contribution in [1.82, 2.24) is 9.88 Å². The van der Waals surface area contributed by atoms with Gasteiger partial charge < -0.3 is 20.6 Å². The zero-order valence-electron chi connectivity index (χ0n) is 11.4. The minimum absolute atomic E-state index is 0. The molecule has 21 heavy (non-hydrogen) atoms. The van der Waals surface area contributed by atoms with Crippen LogP contribution in [-0.2, 0) is 0 Å². The number of halogens is 1. The molecule has 0 bridgehead atoms. The Bertz CT molecular complexity index is 656. The van der Waals surface area contributed by atoms with Crippen LogP contribution < -0.4 is 10.5 Å². The fourth-order valence-corrected chi connectivity index (χ4v) is 1.76. The molecule has 0 atom stereocenters. The Morgan fingerprint density at radius 2 is 2.19 bits per heavy atom. The van der Waals surface area contributed by atoms with Crippen molar-refractivity contribution in [2.75, 3.05) is 20.3 Å². The van der Waals surface area contributed by atoms with E-state index in [0.717, 1.165) is 15.8 Å². The van der Waals surface area contributed by atoms with Crippen molar-refractivity contribution in [3.05, 3.63) is 30.0 Å². The molecule has 7 nitrogen and oxygen atoms in total. The number of benzene rings is 1. The Hall–Kier alpha value is -2.25. The highest BCUT2D eigenvalue weighted by Crippen LogP contribution is 2.22. The Balaban J connectivity index is 0.00000220. The van der Waals surface area contributed by atoms with Gasteiger partial charge in [0.1, 0.15) is 18.1 Å². The number of nitrogens with zero attached hydrogens (tertiary/aromatic N) is 1. The number of carbonyl (C=O) groups excluding carboxylic acids is 1. The number of hydrogen-bond donors (Lipinski definition) is 4. The SMILES string of the molecule is CN(C(=N)N)C(=O)c1cc2ccc(OCCO)cc2[nH]1.Cl. The largest absolute Gasteiger partial charge is 0.491 e. The minimum Gasteiger partial charge on any atom is -0.491 e. The summed E-state index contributed by atoms with van der Waals surface area (Å²) in [6.07, 6.45) is 0. The minimum atomic E-state index is -0.383. The molecule has 1 aromatic carbocycles. The van der Waals surface area contributed by atoms with E-state index in [0.29, 0.717) is 11.4 Å². The Morgan fingerprint density at radius 1 is 1.48 bits per heavy atom. The summed E-state index contributed by atoms with van der Waals surface area (Å²) in [5.41, 5.74) is 6.36. The summed E-state index contributed by atoms with van der Waals surface area (Å²) >= 11 is 0. The molecular weight excluding hydrogens is 296 g/mol. The first-order chi connectivity index (χ1) is 9.52. The average Bonchev–Trinajstić information content (AvgIpc) is 2.86. The summed E-state index contributed by atoms with van der Waals surface area (Å²) in [5, 5.41) is 16.8. The second-order valence-electron chi connectivity index (χ2n) is 4.25. The number of aliphatic hydroxyl groups is 1. The number of nitrogens with one attached hydrogen (secondary N) is 2. The highest BCUT2D eigenvalue weighted by molar-refractivity contribution is 6.05. The summed E-state index contributed by atoms with van der Waals surface area (Å²) in [7, 11) is 1.44. The molecule has 1 heterocycles. The van der Waals surface area contributed by atoms with Gasteiger partial charge in [0, 0.05) is 24.0 Å². The van der Waals surface area contributed by atoms with Gasteiger partial charge in [-0.2, -0.15) is 0 Å². The molecule has 5 N–H and O–H groups in total. The van der Waals surface area contributed by atoms with Crippen molar-refractivity contribution in [3.63, 3.8) is 0 Å². The number of aliphatic hydroxyl groups excluding tert-OH is 1. The number of rotatable bonds is 4. The number of aromatic amines is 1. The number of amides is 1. The lowest BCUT2D eigenvalue weighted by Gasteiger charge is -2.12. The number of ether oxygens (including phenoxy) is 1. The van der Waals surface area contributed by atoms with Gasteiger partial charge in [-0.15, -0.1) is 12.4 Å². The lowest BCUT2D eigenvalue weighted by Crippen LogP contribution is -2.38. The Morgan fingerprint density at radius 3 is 2.81 bits per heavy atom. The predicted octanol–water partition coefficient (Wildman–Crippen LogP) is 0.926. The number of aromatic nitrogens is 1. The number of nitrogens with two attached hydrogens (primary N) is 1. The fourth-order valence-electron chi connectivity index (χ4n) is 1.76. The third-order valence-corrected chi connectivity index (χ3v) is 2.85. The molecule has 0 unspecified atom stereocenters. The maximum atomic E-state index is 12.0. The fraction of sp³-hybridized carbons (Fsp3) is 0.231. The highest BCUT2D eigenvalue weighted by atomic mass is 35.5. The van der Waals surface area contributed by atoms with Crippen LogP contribution in [0.4, 0.5) is 0 Å². The summed E-state index contributed by atoms with van der Waals surface area (Å²) in [4.78, 5) is 16.0. The number of H-pyrrole nitrogens is 1. The second kappa shape index (κ2) is 6.96. The van der Waals surface area contributed by atoms with Crippen molar-refractivity contribution in [2.45, 2.75) is 0 Å². The molecule has 0 aliphatic heterocycles. The van der Waals surface area contributed by atoms with Gasteiger partial charge in [0.15, 0.2) is 5.96 Å². The van der Waals surface area contributed by atoms with Crippen molar-refractivity contribution in [2.24, 2.45) is 5.73 Å². The maximum absolute atomic E-state index is 12.0. The van der Waals surface area contributed by atoms with Crippen LogP contribution in [0, 0.1) is 5.41 Å². The van der Waals surface area contributed by atoms with Crippen LogP contribution in [0.3, 0.4) is 0 Å². The van der Waals surface area contributed by atoms with Crippen molar-refractivity contribution in [1.29, 1.82) is 5.41 Å². The van der Waals surface area contributed by atoms with E-state index in [-0.39, 0.29) is 37.5 Å². The predicted molar refractivity (Wildman–Crippen MR) is 82.1 cm³/mol. The van der Waals surface area contributed by atoms with E-state index in [4.69, 9.17) is 21.0 Å². The van der Waals surface area contributed by atoms with Gasteiger partial charge in [0.2, 0.25) is 0 Å². The molecule has 0 aliphatic rings. The second-order valence-corrected chi connectivity index (χ2v) is 4.25. The van der Waals surface area contributed by atoms with Crippen molar-refractivity contribution >= 4 is 35.2 Å². The normalized spacial score (nSPS) is 10.0. The number of guanidine groups is 1. The Labute approximate surface area is 127 Å². The molecule has 8 heteroatoms. The summed E-state index contributed by atoms with van der Waals surface area (Å²) in [5.74, 6) is -0.0977. The first-order valence-corrected chi connectivity index (χ1v) is 6.01. The third-order valence-electron chi connectivity index (χ3n) is 2.85. The smallest absolute Gasteiger partial charge is 0.276 e. The van der Waals surface area contributed by atoms with Crippen molar-refractivity contribution < 1.29 is 14.6 Å². The number of hydrogen-bond acceptors (Lipinski definition) is 4. The van der Waals surface area contributed by atoms with E-state index < -0.39 is 0 Å². The molecular formula is C13H17ClN4O3. The summed E-state index contributed by atoms with van der Waals surface area (Å²) in [6.45, 7) is 0.154. The van der Waals surface area contributed by atoms with Gasteiger partial charge in [-0.25, -0.2) is 0 Å². The first-order valence-electron chi connectivity index (χ1n) is 6.01. The number of carbonyl (C=O) groups is 1. The van der Waals surface area contributed by atoms with Crippen molar-refractivity contribution in [3.8, 4) is 5.75 Å². The van der Waals surface area contributed by atoms with Crippen LogP contribution in [0.25, 0.3) is 10.9 Å². The van der Waals surface area contributed by atoms with Crippen LogP contribution in [0.5, 0.6) is 5.75 Å². The quantitative estimate of drug-likeness (QED) is 0.496. The van der Waals surface area contributed by atoms with E-state index in [1.165, 1.54) is 7.05 Å². The average molecular weight is 313 g/mol. The van der Waals surface area contributed by atoms with E-state index in [2.05, 4.69) is 4.98 Å². The maximum Gasteiger partial charge on any atom is 0.276 e. The van der Waals surface area contributed by atoms with Crippen LogP contribution in [0.1, 0.15) is 10.5 Å². The molecule has 1 amide bonds. The molecule has 0 fully saturated rings. The van der Waals surface area contributed by atoms with Gasteiger partial charge in [-0.1, -0.05) is 0 Å². The zero-order chi connectivity index (χ0) is 14.7. The molecule has 0 saturated carbocycles. The zero-order valence-corrected chi connectivity index (χ0v) is 12.2. The van der Waals surface area contributed by atoms with Crippen LogP contribution in [0.2, 0.25) is 0 Å². The van der Waals surface area contributed by atoms with Gasteiger partial charge >= 0.3 is 0 Å². The van der Waals surface area contributed by atoms with E-state index in [1.54, 1.807) is 18.2 Å². The molecule has 0 spiro atoms. The number of fused-ring (bicyclic) bond motifs is 1. The molecule has 0 radical (unpaired) electrons. The van der Waals surface area contributed by atoms with Gasteiger partial charge in [0.25, 0.3) is 5.91 Å². The lowest BCUT2D eigenvalue weighted by molar-refractivity contribution is 0.0864.